The van der Waals surface area contributed by atoms with Crippen molar-refractivity contribution in [2.24, 2.45) is 0 Å². The molecule has 0 saturated carbocycles. The van der Waals surface area contributed by atoms with Gasteiger partial charge in [0.25, 0.3) is 11.8 Å². The van der Waals surface area contributed by atoms with E-state index < -0.39 is 5.91 Å². The fraction of sp³-hybridized carbons (Fsp3) is 0.148. The summed E-state index contributed by atoms with van der Waals surface area (Å²) in [6, 6.07) is 21.9. The molecule has 0 aliphatic heterocycles. The van der Waals surface area contributed by atoms with Crippen LogP contribution in [0, 0.1) is 32.1 Å². The largest absolute Gasteiger partial charge is 0.483 e. The quantitative estimate of drug-likeness (QED) is 0.392. The zero-order chi connectivity index (χ0) is 23.8. The number of nitrogens with one attached hydrogen (secondary N) is 2. The van der Waals surface area contributed by atoms with Gasteiger partial charge >= 0.3 is 0 Å². The third-order valence-corrected chi connectivity index (χ3v) is 4.87. The summed E-state index contributed by atoms with van der Waals surface area (Å²) in [4.78, 5) is 25.0. The lowest BCUT2D eigenvalue weighted by Gasteiger charge is -2.12. The molecule has 6 nitrogen and oxygen atoms in total. The summed E-state index contributed by atoms with van der Waals surface area (Å²) in [6.45, 7) is 5.62. The molecule has 0 bridgehead atoms. The van der Waals surface area contributed by atoms with E-state index in [4.69, 9.17) is 4.74 Å². The third kappa shape index (κ3) is 6.55. The van der Waals surface area contributed by atoms with E-state index in [9.17, 15) is 14.9 Å². The Balaban J connectivity index is 1.70. The highest BCUT2D eigenvalue weighted by Gasteiger charge is 2.12. The average molecular weight is 440 g/mol. The minimum atomic E-state index is -0.523. The molecule has 0 spiro atoms. The fourth-order valence-corrected chi connectivity index (χ4v) is 3.24. The number of amides is 2. The Bertz CT molecular complexity index is 1260. The molecule has 166 valence electrons. The van der Waals surface area contributed by atoms with E-state index in [1.165, 1.54) is 6.08 Å². The summed E-state index contributed by atoms with van der Waals surface area (Å²) in [6.07, 6.45) is 1.45. The summed E-state index contributed by atoms with van der Waals surface area (Å²) in [5, 5.41) is 15.1. The van der Waals surface area contributed by atoms with Gasteiger partial charge in [-0.2, -0.15) is 5.26 Å². The smallest absolute Gasteiger partial charge is 0.266 e. The first-order chi connectivity index (χ1) is 15.9. The maximum Gasteiger partial charge on any atom is 0.266 e. The van der Waals surface area contributed by atoms with Gasteiger partial charge in [0, 0.05) is 16.9 Å². The van der Waals surface area contributed by atoms with Gasteiger partial charge in [-0.15, -0.1) is 0 Å². The van der Waals surface area contributed by atoms with Crippen molar-refractivity contribution in [2.45, 2.75) is 20.8 Å². The Morgan fingerprint density at radius 3 is 2.42 bits per heavy atom. The summed E-state index contributed by atoms with van der Waals surface area (Å²) in [5.74, 6) is -0.437. The molecule has 0 aliphatic rings. The van der Waals surface area contributed by atoms with Crippen molar-refractivity contribution in [3.63, 3.8) is 0 Å². The van der Waals surface area contributed by atoms with Crippen LogP contribution in [0.2, 0.25) is 0 Å². The molecule has 3 rings (SSSR count). The highest BCUT2D eigenvalue weighted by atomic mass is 16.5. The van der Waals surface area contributed by atoms with Crippen LogP contribution in [0.25, 0.3) is 6.08 Å². The Labute approximate surface area is 193 Å². The van der Waals surface area contributed by atoms with Gasteiger partial charge in [0.15, 0.2) is 6.61 Å². The standard InChI is InChI=1S/C27H25N3O3/c1-18-7-6-9-23(14-18)29-27(32)22(16-28)15-21-8-4-5-10-25(21)33-17-26(31)30-24-12-11-19(2)13-20(24)3/h4-15H,17H2,1-3H3,(H,29,32)(H,30,31)/b22-15+. The summed E-state index contributed by atoms with van der Waals surface area (Å²) in [7, 11) is 0. The van der Waals surface area contributed by atoms with Gasteiger partial charge in [-0.25, -0.2) is 0 Å². The molecule has 0 aromatic heterocycles. The van der Waals surface area contributed by atoms with Crippen molar-refractivity contribution in [1.82, 2.24) is 0 Å². The number of carbonyl (C=O) groups is 2. The molecule has 0 aliphatic carbocycles. The molecule has 3 aromatic carbocycles. The number of nitrogens with zero attached hydrogens (tertiary/aromatic N) is 1. The molecule has 0 saturated heterocycles. The Kier molecular flexibility index (Phi) is 7.61. The summed E-state index contributed by atoms with van der Waals surface area (Å²) >= 11 is 0. The van der Waals surface area contributed by atoms with Gasteiger partial charge in [-0.05, 0) is 62.2 Å². The zero-order valence-electron chi connectivity index (χ0n) is 18.8. The topological polar surface area (TPSA) is 91.2 Å². The lowest BCUT2D eigenvalue weighted by molar-refractivity contribution is -0.118. The third-order valence-electron chi connectivity index (χ3n) is 4.87. The molecular weight excluding hydrogens is 414 g/mol. The molecule has 2 N–H and O–H groups in total. The van der Waals surface area contributed by atoms with Crippen molar-refractivity contribution in [3.8, 4) is 11.8 Å². The number of rotatable bonds is 7. The number of aryl methyl sites for hydroxylation is 3. The van der Waals surface area contributed by atoms with Gasteiger partial charge < -0.3 is 15.4 Å². The van der Waals surface area contributed by atoms with Crippen LogP contribution in [0.1, 0.15) is 22.3 Å². The first-order valence-corrected chi connectivity index (χ1v) is 10.4. The van der Waals surface area contributed by atoms with Crippen LogP contribution in [0.5, 0.6) is 5.75 Å². The predicted octanol–water partition coefficient (Wildman–Crippen LogP) is 5.18. The highest BCUT2D eigenvalue weighted by molar-refractivity contribution is 6.09. The summed E-state index contributed by atoms with van der Waals surface area (Å²) < 4.78 is 5.70. The second-order valence-corrected chi connectivity index (χ2v) is 7.69. The lowest BCUT2D eigenvalue weighted by Crippen LogP contribution is -2.21. The molecule has 0 fully saturated rings. The first kappa shape index (κ1) is 23.3. The Morgan fingerprint density at radius 2 is 1.70 bits per heavy atom. The summed E-state index contributed by atoms with van der Waals surface area (Å²) in [5.41, 5.74) is 4.84. The maximum absolute atomic E-state index is 12.6. The molecule has 0 unspecified atom stereocenters. The maximum atomic E-state index is 12.6. The number of ether oxygens (including phenoxy) is 1. The molecule has 0 atom stereocenters. The van der Waals surface area contributed by atoms with Crippen LogP contribution in [-0.2, 0) is 9.59 Å². The van der Waals surface area contributed by atoms with Crippen molar-refractivity contribution in [2.75, 3.05) is 17.2 Å². The molecule has 3 aromatic rings. The van der Waals surface area contributed by atoms with Crippen molar-refractivity contribution in [3.05, 3.63) is 94.6 Å². The monoisotopic (exact) mass is 439 g/mol. The van der Waals surface area contributed by atoms with E-state index in [1.54, 1.807) is 30.3 Å². The van der Waals surface area contributed by atoms with Crippen molar-refractivity contribution in [1.29, 1.82) is 5.26 Å². The second kappa shape index (κ2) is 10.8. The molecule has 6 heteroatoms. The number of nitriles is 1. The SMILES string of the molecule is Cc1cccc(NC(=O)/C(C#N)=C/c2ccccc2OCC(=O)Nc2ccc(C)cc2C)c1. The minimum absolute atomic E-state index is 0.0766. The van der Waals surface area contributed by atoms with Gasteiger partial charge in [-0.3, -0.25) is 9.59 Å². The number of para-hydroxylation sites is 1. The van der Waals surface area contributed by atoms with Crippen LogP contribution in [0.15, 0.2) is 72.3 Å². The predicted molar refractivity (Wildman–Crippen MR) is 130 cm³/mol. The van der Waals surface area contributed by atoms with E-state index in [0.717, 1.165) is 22.4 Å². The number of hydrogen-bond donors (Lipinski definition) is 2. The van der Waals surface area contributed by atoms with Gasteiger partial charge in [0.2, 0.25) is 0 Å². The second-order valence-electron chi connectivity index (χ2n) is 7.69. The van der Waals surface area contributed by atoms with Crippen LogP contribution in [0.4, 0.5) is 11.4 Å². The average Bonchev–Trinajstić information content (AvgIpc) is 2.78. The van der Waals surface area contributed by atoms with Crippen LogP contribution < -0.4 is 15.4 Å². The van der Waals surface area contributed by atoms with Gasteiger partial charge in [0.05, 0.1) is 0 Å². The lowest BCUT2D eigenvalue weighted by atomic mass is 10.1. The molecule has 0 heterocycles. The Hall–Kier alpha value is -4.37. The molecule has 33 heavy (non-hydrogen) atoms. The first-order valence-electron chi connectivity index (χ1n) is 10.4. The van der Waals surface area contributed by atoms with E-state index in [0.29, 0.717) is 17.0 Å². The van der Waals surface area contributed by atoms with Crippen LogP contribution in [-0.4, -0.2) is 18.4 Å². The van der Waals surface area contributed by atoms with Crippen molar-refractivity contribution >= 4 is 29.3 Å². The molecule has 2 amide bonds. The fourth-order valence-electron chi connectivity index (χ4n) is 3.24. The number of anilines is 2. The number of hydrogen-bond acceptors (Lipinski definition) is 4. The van der Waals surface area contributed by atoms with E-state index in [2.05, 4.69) is 10.6 Å². The van der Waals surface area contributed by atoms with Crippen molar-refractivity contribution < 1.29 is 14.3 Å². The normalized spacial score (nSPS) is 10.8. The van der Waals surface area contributed by atoms with E-state index in [-0.39, 0.29) is 18.1 Å². The van der Waals surface area contributed by atoms with E-state index in [1.807, 2.05) is 63.2 Å². The van der Waals surface area contributed by atoms with Gasteiger partial charge in [0.1, 0.15) is 17.4 Å². The molecular formula is C27H25N3O3. The zero-order valence-corrected chi connectivity index (χ0v) is 18.8. The van der Waals surface area contributed by atoms with Crippen LogP contribution in [0.3, 0.4) is 0 Å². The van der Waals surface area contributed by atoms with Gasteiger partial charge in [-0.1, -0.05) is 48.0 Å². The minimum Gasteiger partial charge on any atom is -0.483 e. The highest BCUT2D eigenvalue weighted by Crippen LogP contribution is 2.22. The number of carbonyl (C=O) groups excluding carboxylic acids is 2. The number of benzene rings is 3. The Morgan fingerprint density at radius 1 is 0.939 bits per heavy atom. The van der Waals surface area contributed by atoms with Crippen LogP contribution >= 0.6 is 0 Å². The van der Waals surface area contributed by atoms with E-state index >= 15 is 0 Å². The molecule has 0 radical (unpaired) electrons.